The molecule has 0 unspecified atom stereocenters. The number of carboxylic acids is 1. The molecule has 0 atom stereocenters. The van der Waals surface area contributed by atoms with Gasteiger partial charge in [-0.05, 0) is 46.9 Å². The maximum absolute atomic E-state index is 13.7. The first-order chi connectivity index (χ1) is 9.51. The molecule has 2 aromatic rings. The summed E-state index contributed by atoms with van der Waals surface area (Å²) in [6.45, 7) is 0. The summed E-state index contributed by atoms with van der Waals surface area (Å²) in [5, 5.41) is 11.9. The van der Waals surface area contributed by atoms with Crippen molar-refractivity contribution in [2.45, 2.75) is 0 Å². The van der Waals surface area contributed by atoms with Gasteiger partial charge in [0.05, 0.1) is 23.1 Å². The van der Waals surface area contributed by atoms with Crippen molar-refractivity contribution in [2.75, 3.05) is 5.32 Å². The molecular weight excluding hydrogens is 374 g/mol. The molecule has 0 bridgehead atoms. The van der Waals surface area contributed by atoms with Gasteiger partial charge in [-0.1, -0.05) is 5.92 Å². The first kappa shape index (κ1) is 14.3. The molecule has 1 heterocycles. The number of carboxylic acid groups (broad SMARTS) is 1. The van der Waals surface area contributed by atoms with E-state index in [0.717, 1.165) is 3.57 Å². The zero-order valence-electron chi connectivity index (χ0n) is 10.0. The lowest BCUT2D eigenvalue weighted by Gasteiger charge is -2.10. The molecule has 0 fully saturated rings. The van der Waals surface area contributed by atoms with E-state index >= 15 is 0 Å². The van der Waals surface area contributed by atoms with Crippen molar-refractivity contribution in [3.05, 3.63) is 51.1 Å². The van der Waals surface area contributed by atoms with E-state index in [1.54, 1.807) is 6.07 Å². The van der Waals surface area contributed by atoms with Gasteiger partial charge in [-0.15, -0.1) is 6.42 Å². The summed E-state index contributed by atoms with van der Waals surface area (Å²) in [5.41, 5.74) is 0.488. The van der Waals surface area contributed by atoms with E-state index in [1.807, 2.05) is 22.6 Å². The van der Waals surface area contributed by atoms with Crippen LogP contribution in [0.3, 0.4) is 0 Å². The minimum Gasteiger partial charge on any atom is -0.478 e. The van der Waals surface area contributed by atoms with Crippen LogP contribution in [0.25, 0.3) is 0 Å². The topological polar surface area (TPSA) is 62.2 Å². The number of aromatic nitrogens is 1. The van der Waals surface area contributed by atoms with Crippen LogP contribution in [0.4, 0.5) is 15.8 Å². The van der Waals surface area contributed by atoms with Gasteiger partial charge in [-0.2, -0.15) is 0 Å². The van der Waals surface area contributed by atoms with E-state index in [4.69, 9.17) is 11.5 Å². The Kier molecular flexibility index (Phi) is 4.20. The smallest absolute Gasteiger partial charge is 0.337 e. The van der Waals surface area contributed by atoms with E-state index in [-0.39, 0.29) is 22.6 Å². The maximum Gasteiger partial charge on any atom is 0.337 e. The van der Waals surface area contributed by atoms with Crippen molar-refractivity contribution < 1.29 is 14.3 Å². The van der Waals surface area contributed by atoms with Gasteiger partial charge in [0.15, 0.2) is 0 Å². The third kappa shape index (κ3) is 3.05. The molecular formula is C14H8FIN2O2. The molecule has 20 heavy (non-hydrogen) atoms. The third-order valence-corrected chi connectivity index (χ3v) is 3.15. The molecule has 0 spiro atoms. The van der Waals surface area contributed by atoms with Gasteiger partial charge in [0.1, 0.15) is 11.5 Å². The van der Waals surface area contributed by atoms with Crippen LogP contribution < -0.4 is 5.32 Å². The number of benzene rings is 1. The molecule has 100 valence electrons. The molecule has 0 aliphatic rings. The number of nitrogens with one attached hydrogen (secondary N) is 1. The number of carbonyl (C=O) groups is 1. The van der Waals surface area contributed by atoms with Gasteiger partial charge in [0.2, 0.25) is 0 Å². The van der Waals surface area contributed by atoms with Crippen LogP contribution in [0.5, 0.6) is 0 Å². The molecule has 6 heteroatoms. The number of rotatable bonds is 3. The highest BCUT2D eigenvalue weighted by Gasteiger charge is 2.13. The van der Waals surface area contributed by atoms with Crippen molar-refractivity contribution in [1.82, 2.24) is 4.98 Å². The minimum absolute atomic E-state index is 0.0640. The standard InChI is InChI=1S/C14H8FIN2O2/c1-2-9-6-10(14(19)20)13(7-17-9)18-12-4-3-8(16)5-11(12)15/h1,3-7,18H,(H,19,20). The predicted octanol–water partition coefficient (Wildman–Crippen LogP) is 3.25. The number of anilines is 2. The van der Waals surface area contributed by atoms with Gasteiger partial charge in [-0.25, -0.2) is 14.2 Å². The van der Waals surface area contributed by atoms with Crippen LogP contribution in [0.1, 0.15) is 16.1 Å². The largest absolute Gasteiger partial charge is 0.478 e. The van der Waals surface area contributed by atoms with Gasteiger partial charge in [0, 0.05) is 3.57 Å². The molecule has 0 amide bonds. The second-order valence-corrected chi connectivity index (χ2v) is 5.06. The summed E-state index contributed by atoms with van der Waals surface area (Å²) in [6, 6.07) is 5.83. The Bertz CT molecular complexity index is 726. The Labute approximate surface area is 128 Å². The number of hydrogen-bond acceptors (Lipinski definition) is 3. The summed E-state index contributed by atoms with van der Waals surface area (Å²) in [4.78, 5) is 15.1. The van der Waals surface area contributed by atoms with Crippen molar-refractivity contribution in [2.24, 2.45) is 0 Å². The van der Waals surface area contributed by atoms with E-state index in [9.17, 15) is 9.18 Å². The molecule has 0 aliphatic heterocycles. The molecule has 0 saturated heterocycles. The van der Waals surface area contributed by atoms with Gasteiger partial charge in [-0.3, -0.25) is 0 Å². The average molecular weight is 382 g/mol. The number of hydrogen-bond donors (Lipinski definition) is 2. The lowest BCUT2D eigenvalue weighted by molar-refractivity contribution is 0.0698. The Morgan fingerprint density at radius 1 is 1.40 bits per heavy atom. The van der Waals surface area contributed by atoms with E-state index in [0.29, 0.717) is 0 Å². The van der Waals surface area contributed by atoms with Gasteiger partial charge >= 0.3 is 5.97 Å². The van der Waals surface area contributed by atoms with Crippen molar-refractivity contribution >= 4 is 39.9 Å². The van der Waals surface area contributed by atoms with E-state index in [2.05, 4.69) is 16.2 Å². The number of terminal acetylenes is 1. The lowest BCUT2D eigenvalue weighted by atomic mass is 10.2. The molecule has 1 aromatic carbocycles. The summed E-state index contributed by atoms with van der Waals surface area (Å²) in [7, 11) is 0. The van der Waals surface area contributed by atoms with Crippen LogP contribution in [0, 0.1) is 21.7 Å². The molecule has 0 saturated carbocycles. The monoisotopic (exact) mass is 382 g/mol. The predicted molar refractivity (Wildman–Crippen MR) is 81.5 cm³/mol. The summed E-state index contributed by atoms with van der Waals surface area (Å²) in [5.74, 6) is 0.608. The fourth-order valence-electron chi connectivity index (χ4n) is 1.55. The number of pyridine rings is 1. The fraction of sp³-hybridized carbons (Fsp3) is 0. The summed E-state index contributed by atoms with van der Waals surface area (Å²) < 4.78 is 14.5. The Balaban J connectivity index is 2.43. The first-order valence-electron chi connectivity index (χ1n) is 5.43. The molecule has 4 nitrogen and oxygen atoms in total. The van der Waals surface area contributed by atoms with Crippen molar-refractivity contribution in [3.63, 3.8) is 0 Å². The van der Waals surface area contributed by atoms with Crippen LogP contribution in [0.15, 0.2) is 30.5 Å². The zero-order valence-corrected chi connectivity index (χ0v) is 12.2. The van der Waals surface area contributed by atoms with Crippen LogP contribution in [-0.2, 0) is 0 Å². The van der Waals surface area contributed by atoms with Crippen LogP contribution in [0.2, 0.25) is 0 Å². The molecule has 0 aliphatic carbocycles. The zero-order chi connectivity index (χ0) is 14.7. The van der Waals surface area contributed by atoms with Crippen molar-refractivity contribution in [3.8, 4) is 12.3 Å². The fourth-order valence-corrected chi connectivity index (χ4v) is 2.00. The van der Waals surface area contributed by atoms with E-state index < -0.39 is 11.8 Å². The highest BCUT2D eigenvalue weighted by molar-refractivity contribution is 14.1. The highest BCUT2D eigenvalue weighted by Crippen LogP contribution is 2.24. The van der Waals surface area contributed by atoms with Crippen LogP contribution in [-0.4, -0.2) is 16.1 Å². The van der Waals surface area contributed by atoms with Gasteiger partial charge < -0.3 is 10.4 Å². The second kappa shape index (κ2) is 5.88. The molecule has 1 aromatic heterocycles. The summed E-state index contributed by atoms with van der Waals surface area (Å²) in [6.07, 6.45) is 6.45. The number of aromatic carboxylic acids is 1. The average Bonchev–Trinajstić information content (AvgIpc) is 2.42. The second-order valence-electron chi connectivity index (χ2n) is 3.81. The molecule has 0 radical (unpaired) electrons. The molecule has 2 N–H and O–H groups in total. The maximum atomic E-state index is 13.7. The SMILES string of the molecule is C#Cc1cc(C(=O)O)c(Nc2ccc(I)cc2F)cn1. The number of nitrogens with zero attached hydrogens (tertiary/aromatic N) is 1. The van der Waals surface area contributed by atoms with Crippen LogP contribution >= 0.6 is 22.6 Å². The quantitative estimate of drug-likeness (QED) is 0.632. The first-order valence-corrected chi connectivity index (χ1v) is 6.51. The Morgan fingerprint density at radius 3 is 2.75 bits per heavy atom. The number of halogens is 2. The van der Waals surface area contributed by atoms with Gasteiger partial charge in [0.25, 0.3) is 0 Å². The minimum atomic E-state index is -1.17. The molecule has 2 rings (SSSR count). The highest BCUT2D eigenvalue weighted by atomic mass is 127. The normalized spacial score (nSPS) is 9.85. The Morgan fingerprint density at radius 2 is 2.15 bits per heavy atom. The summed E-state index contributed by atoms with van der Waals surface area (Å²) >= 11 is 1.98. The van der Waals surface area contributed by atoms with Crippen molar-refractivity contribution in [1.29, 1.82) is 0 Å². The Hall–Kier alpha value is -2.14. The lowest BCUT2D eigenvalue weighted by Crippen LogP contribution is -2.05. The third-order valence-electron chi connectivity index (χ3n) is 2.48. The van der Waals surface area contributed by atoms with E-state index in [1.165, 1.54) is 24.4 Å².